The number of aromatic nitrogens is 2. The summed E-state index contributed by atoms with van der Waals surface area (Å²) in [5, 5.41) is 12.3. The molecule has 0 saturated heterocycles. The molecule has 0 bridgehead atoms. The molecular formula is C14H21N3O. The summed E-state index contributed by atoms with van der Waals surface area (Å²) in [6, 6.07) is 6.45. The molecule has 0 fully saturated rings. The van der Waals surface area contributed by atoms with E-state index in [1.54, 1.807) is 0 Å². The zero-order chi connectivity index (χ0) is 13.0. The van der Waals surface area contributed by atoms with Crippen molar-refractivity contribution >= 4 is 5.65 Å². The van der Waals surface area contributed by atoms with Crippen molar-refractivity contribution < 1.29 is 5.11 Å². The summed E-state index contributed by atoms with van der Waals surface area (Å²) in [5.74, 6) is 0. The molecule has 0 aliphatic carbocycles. The molecule has 0 aromatic carbocycles. The van der Waals surface area contributed by atoms with Gasteiger partial charge in [0.25, 0.3) is 0 Å². The second kappa shape index (κ2) is 5.98. The molecule has 2 N–H and O–H groups in total. The predicted molar refractivity (Wildman–Crippen MR) is 72.6 cm³/mol. The summed E-state index contributed by atoms with van der Waals surface area (Å²) in [7, 11) is 0. The fourth-order valence-electron chi connectivity index (χ4n) is 2.15. The van der Waals surface area contributed by atoms with Crippen molar-refractivity contribution in [2.75, 3.05) is 6.61 Å². The highest BCUT2D eigenvalue weighted by Gasteiger charge is 2.09. The zero-order valence-corrected chi connectivity index (χ0v) is 11.1. The Bertz CT molecular complexity index is 507. The molecule has 4 nitrogen and oxygen atoms in total. The van der Waals surface area contributed by atoms with E-state index in [1.165, 1.54) is 5.69 Å². The summed E-state index contributed by atoms with van der Waals surface area (Å²) < 4.78 is 2.13. The van der Waals surface area contributed by atoms with Crippen molar-refractivity contribution in [1.82, 2.24) is 14.7 Å². The van der Waals surface area contributed by atoms with Gasteiger partial charge in [0.15, 0.2) is 0 Å². The number of aliphatic hydroxyl groups is 1. The van der Waals surface area contributed by atoms with Crippen LogP contribution in [-0.4, -0.2) is 27.1 Å². The lowest BCUT2D eigenvalue weighted by Crippen LogP contribution is -2.26. The molecule has 4 heteroatoms. The first-order valence-electron chi connectivity index (χ1n) is 6.49. The number of fused-ring (bicyclic) bond motifs is 1. The number of hydrogen-bond acceptors (Lipinski definition) is 3. The maximum absolute atomic E-state index is 8.81. The van der Waals surface area contributed by atoms with Gasteiger partial charge in [-0.2, -0.15) is 0 Å². The Kier molecular flexibility index (Phi) is 4.33. The normalized spacial score (nSPS) is 13.1. The quantitative estimate of drug-likeness (QED) is 0.819. The summed E-state index contributed by atoms with van der Waals surface area (Å²) in [5.41, 5.74) is 3.28. The minimum absolute atomic E-state index is 0.265. The van der Waals surface area contributed by atoms with Gasteiger partial charge < -0.3 is 14.8 Å². The minimum atomic E-state index is 0.265. The molecule has 2 heterocycles. The maximum atomic E-state index is 8.81. The Morgan fingerprint density at radius 2 is 2.28 bits per heavy atom. The van der Waals surface area contributed by atoms with Crippen LogP contribution in [-0.2, 0) is 6.54 Å². The van der Waals surface area contributed by atoms with Crippen LogP contribution in [0.25, 0.3) is 5.65 Å². The van der Waals surface area contributed by atoms with Crippen LogP contribution >= 0.6 is 0 Å². The van der Waals surface area contributed by atoms with E-state index in [0.29, 0.717) is 6.04 Å². The van der Waals surface area contributed by atoms with E-state index in [4.69, 9.17) is 5.11 Å². The van der Waals surface area contributed by atoms with Gasteiger partial charge in [-0.1, -0.05) is 6.07 Å². The van der Waals surface area contributed by atoms with E-state index in [0.717, 1.165) is 30.7 Å². The predicted octanol–water partition coefficient (Wildman–Crippen LogP) is 1.89. The Morgan fingerprint density at radius 3 is 3.06 bits per heavy atom. The first-order valence-corrected chi connectivity index (χ1v) is 6.49. The van der Waals surface area contributed by atoms with E-state index in [9.17, 15) is 0 Å². The monoisotopic (exact) mass is 247 g/mol. The summed E-state index contributed by atoms with van der Waals surface area (Å²) in [4.78, 5) is 4.54. The van der Waals surface area contributed by atoms with Gasteiger partial charge in [-0.25, -0.2) is 4.98 Å². The number of aliphatic hydroxyl groups excluding tert-OH is 1. The molecule has 2 rings (SSSR count). The summed E-state index contributed by atoms with van der Waals surface area (Å²) >= 11 is 0. The molecule has 0 amide bonds. The van der Waals surface area contributed by atoms with Crippen molar-refractivity contribution in [1.29, 1.82) is 0 Å². The standard InChI is InChI=1S/C14H21N3O/c1-11(6-5-9-18)15-10-13-12(2)16-14-7-3-4-8-17(13)14/h3-4,7-8,11,15,18H,5-6,9-10H2,1-2H3. The average Bonchev–Trinajstić information content (AvgIpc) is 2.69. The molecule has 0 saturated carbocycles. The third-order valence-electron chi connectivity index (χ3n) is 3.24. The van der Waals surface area contributed by atoms with Crippen LogP contribution < -0.4 is 5.32 Å². The molecule has 0 spiro atoms. The van der Waals surface area contributed by atoms with Crippen LogP contribution in [0.15, 0.2) is 24.4 Å². The first-order chi connectivity index (χ1) is 8.72. The van der Waals surface area contributed by atoms with Crippen LogP contribution in [0.2, 0.25) is 0 Å². The zero-order valence-electron chi connectivity index (χ0n) is 11.1. The van der Waals surface area contributed by atoms with Crippen LogP contribution in [0.4, 0.5) is 0 Å². The second-order valence-corrected chi connectivity index (χ2v) is 4.72. The highest BCUT2D eigenvalue weighted by atomic mass is 16.2. The second-order valence-electron chi connectivity index (χ2n) is 4.72. The van der Waals surface area contributed by atoms with Gasteiger partial charge in [0.1, 0.15) is 5.65 Å². The van der Waals surface area contributed by atoms with Gasteiger partial charge in [-0.15, -0.1) is 0 Å². The topological polar surface area (TPSA) is 49.6 Å². The van der Waals surface area contributed by atoms with Crippen molar-refractivity contribution in [2.24, 2.45) is 0 Å². The Morgan fingerprint density at radius 1 is 1.44 bits per heavy atom. The molecule has 2 aromatic rings. The van der Waals surface area contributed by atoms with E-state index in [-0.39, 0.29) is 6.61 Å². The molecular weight excluding hydrogens is 226 g/mol. The van der Waals surface area contributed by atoms with Gasteiger partial charge in [-0.05, 0) is 38.8 Å². The van der Waals surface area contributed by atoms with E-state index >= 15 is 0 Å². The third kappa shape index (κ3) is 2.89. The fraction of sp³-hybridized carbons (Fsp3) is 0.500. The van der Waals surface area contributed by atoms with E-state index in [2.05, 4.69) is 21.6 Å². The Hall–Kier alpha value is -1.39. The molecule has 18 heavy (non-hydrogen) atoms. The average molecular weight is 247 g/mol. The van der Waals surface area contributed by atoms with Crippen molar-refractivity contribution in [3.63, 3.8) is 0 Å². The van der Waals surface area contributed by atoms with Crippen LogP contribution in [0, 0.1) is 6.92 Å². The number of pyridine rings is 1. The number of imidazole rings is 1. The molecule has 0 aliphatic heterocycles. The van der Waals surface area contributed by atoms with Crippen LogP contribution in [0.5, 0.6) is 0 Å². The fourth-order valence-corrected chi connectivity index (χ4v) is 2.15. The highest BCUT2D eigenvalue weighted by molar-refractivity contribution is 5.42. The molecule has 1 unspecified atom stereocenters. The van der Waals surface area contributed by atoms with Gasteiger partial charge in [0, 0.05) is 25.4 Å². The number of nitrogens with zero attached hydrogens (tertiary/aromatic N) is 2. The minimum Gasteiger partial charge on any atom is -0.396 e. The Labute approximate surface area is 108 Å². The van der Waals surface area contributed by atoms with Crippen LogP contribution in [0.1, 0.15) is 31.2 Å². The molecule has 2 aromatic heterocycles. The van der Waals surface area contributed by atoms with E-state index < -0.39 is 0 Å². The van der Waals surface area contributed by atoms with Gasteiger partial charge in [-0.3, -0.25) is 0 Å². The maximum Gasteiger partial charge on any atom is 0.137 e. The lowest BCUT2D eigenvalue weighted by molar-refractivity contribution is 0.276. The molecule has 1 atom stereocenters. The third-order valence-corrected chi connectivity index (χ3v) is 3.24. The number of rotatable bonds is 6. The molecule has 98 valence electrons. The first kappa shape index (κ1) is 13.1. The van der Waals surface area contributed by atoms with Gasteiger partial charge in [0.2, 0.25) is 0 Å². The number of aryl methyl sites for hydroxylation is 1. The number of nitrogens with one attached hydrogen (secondary N) is 1. The van der Waals surface area contributed by atoms with Crippen LogP contribution in [0.3, 0.4) is 0 Å². The van der Waals surface area contributed by atoms with E-state index in [1.807, 2.05) is 31.3 Å². The smallest absolute Gasteiger partial charge is 0.137 e. The highest BCUT2D eigenvalue weighted by Crippen LogP contribution is 2.11. The number of hydrogen-bond donors (Lipinski definition) is 2. The Balaban J connectivity index is 2.05. The SMILES string of the molecule is Cc1nc2ccccn2c1CNC(C)CCCO. The molecule has 0 radical (unpaired) electrons. The summed E-state index contributed by atoms with van der Waals surface area (Å²) in [6.07, 6.45) is 3.89. The van der Waals surface area contributed by atoms with Crippen molar-refractivity contribution in [2.45, 2.75) is 39.3 Å². The lowest BCUT2D eigenvalue weighted by atomic mass is 10.2. The lowest BCUT2D eigenvalue weighted by Gasteiger charge is -2.13. The van der Waals surface area contributed by atoms with Gasteiger partial charge in [0.05, 0.1) is 11.4 Å². The van der Waals surface area contributed by atoms with Gasteiger partial charge >= 0.3 is 0 Å². The molecule has 0 aliphatic rings. The summed E-state index contributed by atoms with van der Waals surface area (Å²) in [6.45, 7) is 5.26. The largest absolute Gasteiger partial charge is 0.396 e. The van der Waals surface area contributed by atoms with Crippen molar-refractivity contribution in [3.8, 4) is 0 Å². The van der Waals surface area contributed by atoms with Crippen molar-refractivity contribution in [3.05, 3.63) is 35.8 Å².